The maximum absolute atomic E-state index is 15.8. The average molecular weight is 506 g/mol. The molecule has 0 saturated heterocycles. The second-order valence-corrected chi connectivity index (χ2v) is 7.92. The summed E-state index contributed by atoms with van der Waals surface area (Å²) in [5, 5.41) is 14.8. The number of amidine groups is 1. The standard InChI is InChI=1S/C25H24FN7O4/c1-36-18-11-14(12-19-31-25(35)33(32-19)17-6-4-3-5-16(17)24(29)34)20(26)21(22(18)37-2)30-15-9-7-13(8-10-15)23(27)28/h3-11,30H,12H2,1-2H3,(H3,27,28)(H2,29,34)(H,31,32,35). The van der Waals surface area contributed by atoms with Gasteiger partial charge in [0.25, 0.3) is 5.91 Å². The normalized spacial score (nSPS) is 10.7. The summed E-state index contributed by atoms with van der Waals surface area (Å²) in [7, 11) is 2.80. The van der Waals surface area contributed by atoms with Gasteiger partial charge in [0.05, 0.1) is 25.5 Å². The third-order valence-electron chi connectivity index (χ3n) is 5.57. The molecule has 0 spiro atoms. The number of nitrogens with two attached hydrogens (primary N) is 2. The number of hydrogen-bond donors (Lipinski definition) is 5. The fraction of sp³-hybridized carbons (Fsp3) is 0.120. The van der Waals surface area contributed by atoms with Crippen molar-refractivity contribution < 1.29 is 18.7 Å². The van der Waals surface area contributed by atoms with E-state index in [1.807, 2.05) is 0 Å². The van der Waals surface area contributed by atoms with Crippen molar-refractivity contribution in [3.63, 3.8) is 0 Å². The van der Waals surface area contributed by atoms with Gasteiger partial charge in [0, 0.05) is 23.2 Å². The van der Waals surface area contributed by atoms with Crippen molar-refractivity contribution in [1.29, 1.82) is 5.41 Å². The summed E-state index contributed by atoms with van der Waals surface area (Å²) in [5.41, 5.74) is 11.8. The Bertz CT molecular complexity index is 1540. The SMILES string of the molecule is COc1cc(Cc2nn(-c3ccccc3C(N)=O)c(=O)[nH]2)c(F)c(Nc2ccc(C(=N)N)cc2)c1OC. The summed E-state index contributed by atoms with van der Waals surface area (Å²) < 4.78 is 27.6. The molecule has 3 aromatic carbocycles. The number of nitrogens with one attached hydrogen (secondary N) is 3. The first-order valence-corrected chi connectivity index (χ1v) is 11.0. The van der Waals surface area contributed by atoms with Crippen LogP contribution in [0.2, 0.25) is 0 Å². The topological polar surface area (TPSA) is 174 Å². The number of rotatable bonds is 9. The summed E-state index contributed by atoms with van der Waals surface area (Å²) in [4.78, 5) is 27.0. The number of aromatic nitrogens is 3. The molecule has 37 heavy (non-hydrogen) atoms. The van der Waals surface area contributed by atoms with E-state index in [9.17, 15) is 9.59 Å². The van der Waals surface area contributed by atoms with E-state index in [0.717, 1.165) is 4.68 Å². The minimum atomic E-state index is -0.718. The number of aromatic amines is 1. The van der Waals surface area contributed by atoms with Gasteiger partial charge in [0.1, 0.15) is 17.3 Å². The van der Waals surface area contributed by atoms with Crippen LogP contribution in [0.25, 0.3) is 5.69 Å². The maximum atomic E-state index is 15.8. The Balaban J connectivity index is 1.73. The van der Waals surface area contributed by atoms with E-state index in [2.05, 4.69) is 15.4 Å². The van der Waals surface area contributed by atoms with Crippen LogP contribution < -0.4 is 31.9 Å². The molecule has 0 radical (unpaired) electrons. The number of carbonyl (C=O) groups excluding carboxylic acids is 1. The number of hydrogen-bond acceptors (Lipinski definition) is 7. The summed E-state index contributed by atoms with van der Waals surface area (Å²) in [6, 6.07) is 14.2. The van der Waals surface area contributed by atoms with Crippen LogP contribution in [-0.2, 0) is 6.42 Å². The van der Waals surface area contributed by atoms with Gasteiger partial charge in [0.2, 0.25) is 0 Å². The molecule has 0 fully saturated rings. The van der Waals surface area contributed by atoms with E-state index < -0.39 is 17.4 Å². The van der Waals surface area contributed by atoms with Crippen LogP contribution in [0, 0.1) is 11.2 Å². The van der Waals surface area contributed by atoms with Crippen molar-refractivity contribution in [3.8, 4) is 17.2 Å². The summed E-state index contributed by atoms with van der Waals surface area (Å²) in [6.07, 6.45) is -0.106. The van der Waals surface area contributed by atoms with Gasteiger partial charge in [-0.1, -0.05) is 12.1 Å². The summed E-state index contributed by atoms with van der Waals surface area (Å²) >= 11 is 0. The van der Waals surface area contributed by atoms with Gasteiger partial charge in [-0.05, 0) is 42.5 Å². The first-order chi connectivity index (χ1) is 17.7. The van der Waals surface area contributed by atoms with Crippen molar-refractivity contribution in [3.05, 3.63) is 93.4 Å². The molecule has 0 bridgehead atoms. The Morgan fingerprint density at radius 2 is 1.84 bits per heavy atom. The average Bonchev–Trinajstić information content (AvgIpc) is 3.26. The monoisotopic (exact) mass is 505 g/mol. The van der Waals surface area contributed by atoms with E-state index in [1.165, 1.54) is 32.4 Å². The van der Waals surface area contributed by atoms with Crippen LogP contribution in [0.5, 0.6) is 11.5 Å². The van der Waals surface area contributed by atoms with Gasteiger partial charge in [-0.2, -0.15) is 4.68 Å². The lowest BCUT2D eigenvalue weighted by Crippen LogP contribution is -2.21. The molecule has 0 aliphatic carbocycles. The largest absolute Gasteiger partial charge is 0.493 e. The highest BCUT2D eigenvalue weighted by Crippen LogP contribution is 2.41. The number of ether oxygens (including phenoxy) is 2. The molecule has 0 atom stereocenters. The van der Waals surface area contributed by atoms with E-state index in [-0.39, 0.29) is 52.1 Å². The first-order valence-electron chi connectivity index (χ1n) is 11.0. The zero-order valence-corrected chi connectivity index (χ0v) is 20.0. The highest BCUT2D eigenvalue weighted by molar-refractivity contribution is 5.96. The van der Waals surface area contributed by atoms with Gasteiger partial charge < -0.3 is 26.3 Å². The predicted molar refractivity (Wildman–Crippen MR) is 136 cm³/mol. The second-order valence-electron chi connectivity index (χ2n) is 7.92. The Labute approximate surface area is 210 Å². The lowest BCUT2D eigenvalue weighted by atomic mass is 10.1. The molecule has 4 rings (SSSR count). The molecule has 1 amide bonds. The number of methoxy groups -OCH3 is 2. The Kier molecular flexibility index (Phi) is 6.91. The number of nitrogen functional groups attached to an aromatic ring is 1. The number of nitrogens with zero attached hydrogens (tertiary/aromatic N) is 2. The number of para-hydroxylation sites is 1. The second kappa shape index (κ2) is 10.2. The molecule has 190 valence electrons. The molecule has 0 saturated carbocycles. The van der Waals surface area contributed by atoms with E-state index in [1.54, 1.807) is 36.4 Å². The number of H-pyrrole nitrogens is 1. The smallest absolute Gasteiger partial charge is 0.348 e. The fourth-order valence-electron chi connectivity index (χ4n) is 3.80. The number of anilines is 2. The van der Waals surface area contributed by atoms with E-state index in [0.29, 0.717) is 11.3 Å². The molecular weight excluding hydrogens is 481 g/mol. The van der Waals surface area contributed by atoms with Crippen LogP contribution in [-0.4, -0.2) is 40.7 Å². The summed E-state index contributed by atoms with van der Waals surface area (Å²) in [6.45, 7) is 0. The van der Waals surface area contributed by atoms with Crippen molar-refractivity contribution in [2.45, 2.75) is 6.42 Å². The van der Waals surface area contributed by atoms with Crippen molar-refractivity contribution in [2.24, 2.45) is 11.5 Å². The minimum absolute atomic E-state index is 0.00767. The van der Waals surface area contributed by atoms with E-state index >= 15 is 4.39 Å². The number of benzene rings is 3. The molecule has 7 N–H and O–H groups in total. The van der Waals surface area contributed by atoms with Crippen molar-refractivity contribution >= 4 is 23.1 Å². The molecule has 4 aromatic rings. The zero-order valence-electron chi connectivity index (χ0n) is 20.0. The number of carbonyl (C=O) groups is 1. The summed E-state index contributed by atoms with van der Waals surface area (Å²) in [5.74, 6) is -0.930. The van der Waals surface area contributed by atoms with E-state index in [4.69, 9.17) is 26.4 Å². The minimum Gasteiger partial charge on any atom is -0.493 e. The van der Waals surface area contributed by atoms with Gasteiger partial charge in [0.15, 0.2) is 17.3 Å². The van der Waals surface area contributed by atoms with Crippen LogP contribution in [0.4, 0.5) is 15.8 Å². The quantitative estimate of drug-likeness (QED) is 0.171. The molecule has 0 aliphatic heterocycles. The molecule has 12 heteroatoms. The lowest BCUT2D eigenvalue weighted by Gasteiger charge is -2.18. The molecule has 1 aromatic heterocycles. The molecule has 1 heterocycles. The van der Waals surface area contributed by atoms with Crippen molar-refractivity contribution in [1.82, 2.24) is 14.8 Å². The fourth-order valence-corrected chi connectivity index (χ4v) is 3.80. The van der Waals surface area contributed by atoms with Gasteiger partial charge in [-0.3, -0.25) is 15.2 Å². The van der Waals surface area contributed by atoms with Crippen LogP contribution >= 0.6 is 0 Å². The van der Waals surface area contributed by atoms with Crippen LogP contribution in [0.15, 0.2) is 59.4 Å². The maximum Gasteiger partial charge on any atom is 0.348 e. The number of primary amides is 1. The number of amides is 1. The van der Waals surface area contributed by atoms with Crippen LogP contribution in [0.3, 0.4) is 0 Å². The lowest BCUT2D eigenvalue weighted by molar-refractivity contribution is 0.1000. The third-order valence-corrected chi connectivity index (χ3v) is 5.57. The highest BCUT2D eigenvalue weighted by atomic mass is 19.1. The molecule has 0 aliphatic rings. The number of halogens is 1. The molecule has 0 unspecified atom stereocenters. The predicted octanol–water partition coefficient (Wildman–Crippen LogP) is 2.43. The van der Waals surface area contributed by atoms with Crippen LogP contribution in [0.1, 0.15) is 27.3 Å². The zero-order chi connectivity index (χ0) is 26.7. The Hall–Kier alpha value is -5.13. The molecule has 11 nitrogen and oxygen atoms in total. The first kappa shape index (κ1) is 25.0. The Morgan fingerprint density at radius 1 is 1.14 bits per heavy atom. The van der Waals surface area contributed by atoms with Gasteiger partial charge in [-0.15, -0.1) is 5.10 Å². The Morgan fingerprint density at radius 3 is 2.46 bits per heavy atom. The highest BCUT2D eigenvalue weighted by Gasteiger charge is 2.22. The van der Waals surface area contributed by atoms with Crippen molar-refractivity contribution in [2.75, 3.05) is 19.5 Å². The van der Waals surface area contributed by atoms with Gasteiger partial charge in [-0.25, -0.2) is 9.18 Å². The van der Waals surface area contributed by atoms with Gasteiger partial charge >= 0.3 is 5.69 Å². The third kappa shape index (κ3) is 4.98. The molecular formula is C25H24FN7O4.